The predicted octanol–water partition coefficient (Wildman–Crippen LogP) is 2.41. The van der Waals surface area contributed by atoms with Crippen molar-refractivity contribution < 1.29 is 4.79 Å². The molecule has 0 heterocycles. The Kier molecular flexibility index (Phi) is 3.53. The summed E-state index contributed by atoms with van der Waals surface area (Å²) in [5.41, 5.74) is 0.746. The summed E-state index contributed by atoms with van der Waals surface area (Å²) in [5, 5.41) is 2.64. The molecule has 0 radical (unpaired) electrons. The zero-order valence-electron chi connectivity index (χ0n) is 7.10. The molecule has 1 N–H and O–H groups in total. The molecule has 2 nitrogen and oxygen atoms in total. The standard InChI is InChI=1S/C10H8BrNO/c1-2-3-10(13)12-9-6-4-8(11)5-7-9/h4-7H,1H3,(H,12,13). The lowest BCUT2D eigenvalue weighted by Gasteiger charge is -1.99. The van der Waals surface area contributed by atoms with Crippen molar-refractivity contribution in [1.29, 1.82) is 0 Å². The summed E-state index contributed by atoms with van der Waals surface area (Å²) in [5.74, 6) is 4.64. The van der Waals surface area contributed by atoms with Crippen LogP contribution < -0.4 is 5.32 Å². The molecule has 66 valence electrons. The normalized spacial score (nSPS) is 8.46. The predicted molar refractivity (Wildman–Crippen MR) is 56.2 cm³/mol. The van der Waals surface area contributed by atoms with Crippen LogP contribution in [0.2, 0.25) is 0 Å². The molecule has 0 atom stereocenters. The van der Waals surface area contributed by atoms with Gasteiger partial charge in [-0.1, -0.05) is 21.9 Å². The quantitative estimate of drug-likeness (QED) is 0.748. The van der Waals surface area contributed by atoms with Crippen LogP contribution in [0.1, 0.15) is 6.92 Å². The van der Waals surface area contributed by atoms with Gasteiger partial charge in [0.2, 0.25) is 0 Å². The van der Waals surface area contributed by atoms with Crippen molar-refractivity contribution in [2.45, 2.75) is 6.92 Å². The van der Waals surface area contributed by atoms with Crippen molar-refractivity contribution >= 4 is 27.5 Å². The van der Waals surface area contributed by atoms with E-state index in [1.165, 1.54) is 0 Å². The van der Waals surface area contributed by atoms with Gasteiger partial charge >= 0.3 is 0 Å². The van der Waals surface area contributed by atoms with E-state index in [2.05, 4.69) is 33.1 Å². The number of rotatable bonds is 1. The Hall–Kier alpha value is -1.27. The highest BCUT2D eigenvalue weighted by Crippen LogP contribution is 2.13. The molecule has 1 aromatic carbocycles. The number of carbonyl (C=O) groups excluding carboxylic acids is 1. The summed E-state index contributed by atoms with van der Waals surface area (Å²) in [7, 11) is 0. The highest BCUT2D eigenvalue weighted by atomic mass is 79.9. The Morgan fingerprint density at radius 1 is 1.38 bits per heavy atom. The Morgan fingerprint density at radius 2 is 2.00 bits per heavy atom. The van der Waals surface area contributed by atoms with Gasteiger partial charge < -0.3 is 5.32 Å². The first-order valence-electron chi connectivity index (χ1n) is 3.71. The third kappa shape index (κ3) is 3.30. The number of halogens is 1. The second-order valence-corrected chi connectivity index (χ2v) is 3.25. The molecule has 1 amide bonds. The average Bonchev–Trinajstić information content (AvgIpc) is 2.09. The number of nitrogens with one attached hydrogen (secondary N) is 1. The van der Waals surface area contributed by atoms with Gasteiger partial charge in [0.1, 0.15) is 0 Å². The zero-order valence-corrected chi connectivity index (χ0v) is 8.68. The van der Waals surface area contributed by atoms with Gasteiger partial charge in [0.05, 0.1) is 0 Å². The van der Waals surface area contributed by atoms with Crippen LogP contribution in [-0.4, -0.2) is 5.91 Å². The first-order valence-corrected chi connectivity index (χ1v) is 4.51. The highest BCUT2D eigenvalue weighted by Gasteiger charge is 1.96. The average molecular weight is 238 g/mol. The summed E-state index contributed by atoms with van der Waals surface area (Å²) in [6.07, 6.45) is 0. The maximum Gasteiger partial charge on any atom is 0.300 e. The number of anilines is 1. The molecule has 3 heteroatoms. The minimum atomic E-state index is -0.287. The van der Waals surface area contributed by atoms with Crippen molar-refractivity contribution in [3.05, 3.63) is 28.7 Å². The second-order valence-electron chi connectivity index (χ2n) is 2.34. The molecule has 0 saturated heterocycles. The lowest BCUT2D eigenvalue weighted by molar-refractivity contribution is -0.111. The van der Waals surface area contributed by atoms with E-state index < -0.39 is 0 Å². The molecule has 0 fully saturated rings. The number of benzene rings is 1. The largest absolute Gasteiger partial charge is 0.315 e. The summed E-state index contributed by atoms with van der Waals surface area (Å²) in [4.78, 5) is 11.0. The van der Waals surface area contributed by atoms with Gasteiger partial charge in [-0.25, -0.2) is 0 Å². The van der Waals surface area contributed by atoms with Crippen molar-refractivity contribution in [1.82, 2.24) is 0 Å². The Balaban J connectivity index is 2.68. The van der Waals surface area contributed by atoms with Gasteiger partial charge in [0.25, 0.3) is 5.91 Å². The molecule has 0 aromatic heterocycles. The topological polar surface area (TPSA) is 29.1 Å². The van der Waals surface area contributed by atoms with Gasteiger partial charge in [0.15, 0.2) is 0 Å². The summed E-state index contributed by atoms with van der Waals surface area (Å²) in [6, 6.07) is 7.32. The minimum Gasteiger partial charge on any atom is -0.315 e. The van der Waals surface area contributed by atoms with E-state index in [9.17, 15) is 4.79 Å². The van der Waals surface area contributed by atoms with E-state index in [4.69, 9.17) is 0 Å². The molecule has 0 aliphatic carbocycles. The zero-order chi connectivity index (χ0) is 9.68. The molecule has 0 saturated carbocycles. The van der Waals surface area contributed by atoms with Crippen LogP contribution in [0.3, 0.4) is 0 Å². The molecule has 1 aromatic rings. The fourth-order valence-electron chi connectivity index (χ4n) is 0.809. The van der Waals surface area contributed by atoms with Crippen molar-refractivity contribution in [3.63, 3.8) is 0 Å². The number of amides is 1. The van der Waals surface area contributed by atoms with Gasteiger partial charge in [-0.05, 0) is 37.1 Å². The number of hydrogen-bond acceptors (Lipinski definition) is 1. The van der Waals surface area contributed by atoms with Crippen molar-refractivity contribution in [2.75, 3.05) is 5.32 Å². The van der Waals surface area contributed by atoms with Crippen LogP contribution in [0.4, 0.5) is 5.69 Å². The lowest BCUT2D eigenvalue weighted by Crippen LogP contribution is -2.07. The fraction of sp³-hybridized carbons (Fsp3) is 0.100. The summed E-state index contributed by atoms with van der Waals surface area (Å²) < 4.78 is 0.979. The Labute approximate surface area is 85.5 Å². The first kappa shape index (κ1) is 9.82. The van der Waals surface area contributed by atoms with Crippen LogP contribution in [-0.2, 0) is 4.79 Å². The fourth-order valence-corrected chi connectivity index (χ4v) is 1.07. The van der Waals surface area contributed by atoms with E-state index in [-0.39, 0.29) is 5.91 Å². The maximum atomic E-state index is 11.0. The Bertz CT molecular complexity index is 359. The molecule has 0 aliphatic heterocycles. The van der Waals surface area contributed by atoms with E-state index in [1.54, 1.807) is 19.1 Å². The van der Waals surface area contributed by atoms with Crippen LogP contribution in [0, 0.1) is 11.8 Å². The lowest BCUT2D eigenvalue weighted by atomic mass is 10.3. The molecular formula is C10H8BrNO. The molecule has 0 spiro atoms. The monoisotopic (exact) mass is 237 g/mol. The first-order chi connectivity index (χ1) is 6.22. The summed E-state index contributed by atoms with van der Waals surface area (Å²) in [6.45, 7) is 1.63. The van der Waals surface area contributed by atoms with E-state index in [0.717, 1.165) is 10.2 Å². The number of carbonyl (C=O) groups is 1. The molecule has 0 unspecified atom stereocenters. The van der Waals surface area contributed by atoms with E-state index in [1.807, 2.05) is 12.1 Å². The van der Waals surface area contributed by atoms with Gasteiger partial charge in [-0.15, -0.1) is 0 Å². The van der Waals surface area contributed by atoms with Gasteiger partial charge in [0, 0.05) is 10.2 Å². The molecule has 0 aliphatic rings. The molecule has 13 heavy (non-hydrogen) atoms. The molecule has 1 rings (SSSR count). The molecular weight excluding hydrogens is 230 g/mol. The van der Waals surface area contributed by atoms with Gasteiger partial charge in [-0.3, -0.25) is 4.79 Å². The van der Waals surface area contributed by atoms with Gasteiger partial charge in [-0.2, -0.15) is 0 Å². The SMILES string of the molecule is CC#CC(=O)Nc1ccc(Br)cc1. The van der Waals surface area contributed by atoms with Crippen molar-refractivity contribution in [2.24, 2.45) is 0 Å². The minimum absolute atomic E-state index is 0.287. The van der Waals surface area contributed by atoms with Crippen LogP contribution >= 0.6 is 15.9 Å². The molecule has 0 bridgehead atoms. The number of hydrogen-bond donors (Lipinski definition) is 1. The third-order valence-electron chi connectivity index (χ3n) is 1.34. The van der Waals surface area contributed by atoms with Crippen LogP contribution in [0.15, 0.2) is 28.7 Å². The second kappa shape index (κ2) is 4.68. The van der Waals surface area contributed by atoms with Crippen LogP contribution in [0.5, 0.6) is 0 Å². The van der Waals surface area contributed by atoms with E-state index >= 15 is 0 Å². The summed E-state index contributed by atoms with van der Waals surface area (Å²) >= 11 is 3.30. The van der Waals surface area contributed by atoms with E-state index in [0.29, 0.717) is 0 Å². The Morgan fingerprint density at radius 3 is 2.54 bits per heavy atom. The maximum absolute atomic E-state index is 11.0. The van der Waals surface area contributed by atoms with Crippen LogP contribution in [0.25, 0.3) is 0 Å². The smallest absolute Gasteiger partial charge is 0.300 e. The third-order valence-corrected chi connectivity index (χ3v) is 1.87. The van der Waals surface area contributed by atoms with Crippen molar-refractivity contribution in [3.8, 4) is 11.8 Å². The highest BCUT2D eigenvalue weighted by molar-refractivity contribution is 9.10.